The summed E-state index contributed by atoms with van der Waals surface area (Å²) in [6, 6.07) is 12.3. The molecule has 2 unspecified atom stereocenters. The number of hydrogen-bond donors (Lipinski definition) is 3. The van der Waals surface area contributed by atoms with Crippen LogP contribution in [-0.4, -0.2) is 40.2 Å². The van der Waals surface area contributed by atoms with Gasteiger partial charge < -0.3 is 10.6 Å². The third-order valence-corrected chi connectivity index (χ3v) is 5.43. The molecule has 2 saturated heterocycles. The first-order valence-electron chi connectivity index (χ1n) is 8.79. The van der Waals surface area contributed by atoms with Crippen LogP contribution in [0.25, 0.3) is 6.08 Å². The van der Waals surface area contributed by atoms with Crippen molar-refractivity contribution in [3.05, 3.63) is 58.8 Å². The lowest BCUT2D eigenvalue weighted by Gasteiger charge is -2.33. The molecule has 0 aliphatic carbocycles. The predicted octanol–water partition coefficient (Wildman–Crippen LogP) is 2.36. The highest BCUT2D eigenvalue weighted by molar-refractivity contribution is 8.18. The van der Waals surface area contributed by atoms with Crippen molar-refractivity contribution in [2.75, 3.05) is 18.4 Å². The zero-order valence-electron chi connectivity index (χ0n) is 14.5. The standard InChI is InChI=1S/C19H19N5O2S/c25-17-16(27-19(26)24-17)10-13-6-9-21-18(22-13)23-15-11-20-8-7-14(15)12-4-2-1-3-5-12/h1-6,9-10,14-15,20H,7-8,11H2,(H,21,22,23)(H,24,25,26)/b16-10-. The maximum absolute atomic E-state index is 11.7. The summed E-state index contributed by atoms with van der Waals surface area (Å²) in [4.78, 5) is 32.1. The Morgan fingerprint density at radius 1 is 1.19 bits per heavy atom. The molecule has 2 aliphatic rings. The molecule has 1 aromatic heterocycles. The molecule has 2 atom stereocenters. The first-order chi connectivity index (χ1) is 13.2. The molecular weight excluding hydrogens is 362 g/mol. The highest BCUT2D eigenvalue weighted by Crippen LogP contribution is 2.28. The first kappa shape index (κ1) is 17.7. The molecule has 138 valence electrons. The zero-order chi connectivity index (χ0) is 18.6. The Balaban J connectivity index is 1.53. The fourth-order valence-corrected chi connectivity index (χ4v) is 4.02. The molecule has 1 aromatic carbocycles. The van der Waals surface area contributed by atoms with Crippen LogP contribution >= 0.6 is 11.8 Å². The van der Waals surface area contributed by atoms with Gasteiger partial charge in [-0.15, -0.1) is 0 Å². The molecule has 2 amide bonds. The van der Waals surface area contributed by atoms with Crippen molar-refractivity contribution < 1.29 is 9.59 Å². The van der Waals surface area contributed by atoms with Crippen LogP contribution in [0.15, 0.2) is 47.5 Å². The lowest BCUT2D eigenvalue weighted by atomic mass is 9.86. The minimum Gasteiger partial charge on any atom is -0.350 e. The fourth-order valence-electron chi connectivity index (χ4n) is 3.35. The van der Waals surface area contributed by atoms with Crippen molar-refractivity contribution in [3.8, 4) is 0 Å². The molecule has 3 heterocycles. The van der Waals surface area contributed by atoms with Crippen molar-refractivity contribution >= 4 is 34.9 Å². The Kier molecular flexibility index (Phi) is 5.17. The van der Waals surface area contributed by atoms with Gasteiger partial charge in [0.15, 0.2) is 0 Å². The van der Waals surface area contributed by atoms with E-state index in [-0.39, 0.29) is 11.3 Å². The van der Waals surface area contributed by atoms with Crippen molar-refractivity contribution in [2.45, 2.75) is 18.4 Å². The van der Waals surface area contributed by atoms with Gasteiger partial charge >= 0.3 is 0 Å². The Bertz CT molecular complexity index is 887. The van der Waals surface area contributed by atoms with Crippen LogP contribution in [0.4, 0.5) is 10.7 Å². The maximum Gasteiger partial charge on any atom is 0.290 e. The van der Waals surface area contributed by atoms with Gasteiger partial charge in [-0.25, -0.2) is 9.97 Å². The van der Waals surface area contributed by atoms with E-state index in [0.29, 0.717) is 22.5 Å². The average Bonchev–Trinajstić information content (AvgIpc) is 3.00. The molecule has 2 aromatic rings. The minimum absolute atomic E-state index is 0.162. The number of anilines is 1. The highest BCUT2D eigenvalue weighted by atomic mass is 32.2. The molecule has 0 spiro atoms. The van der Waals surface area contributed by atoms with Crippen molar-refractivity contribution in [3.63, 3.8) is 0 Å². The van der Waals surface area contributed by atoms with Gasteiger partial charge in [0.1, 0.15) is 0 Å². The third-order valence-electron chi connectivity index (χ3n) is 4.62. The van der Waals surface area contributed by atoms with E-state index in [4.69, 9.17) is 0 Å². The molecule has 7 nitrogen and oxygen atoms in total. The van der Waals surface area contributed by atoms with Crippen molar-refractivity contribution in [1.82, 2.24) is 20.6 Å². The number of carbonyl (C=O) groups is 2. The summed E-state index contributed by atoms with van der Waals surface area (Å²) in [6.45, 7) is 1.80. The quantitative estimate of drug-likeness (QED) is 0.700. The topological polar surface area (TPSA) is 96.0 Å². The Labute approximate surface area is 161 Å². The van der Waals surface area contributed by atoms with Gasteiger partial charge in [0.25, 0.3) is 11.1 Å². The molecule has 8 heteroatoms. The Morgan fingerprint density at radius 2 is 2.04 bits per heavy atom. The maximum atomic E-state index is 11.7. The summed E-state index contributed by atoms with van der Waals surface area (Å²) in [7, 11) is 0. The number of carbonyl (C=O) groups excluding carboxylic acids is 2. The van der Waals surface area contributed by atoms with Crippen molar-refractivity contribution in [2.24, 2.45) is 0 Å². The molecule has 27 heavy (non-hydrogen) atoms. The van der Waals surface area contributed by atoms with Gasteiger partial charge in [-0.2, -0.15) is 0 Å². The van der Waals surface area contributed by atoms with Gasteiger partial charge in [-0.05, 0) is 42.4 Å². The van der Waals surface area contributed by atoms with Gasteiger partial charge in [-0.1, -0.05) is 30.3 Å². The number of thioether (sulfide) groups is 1. The number of nitrogens with one attached hydrogen (secondary N) is 3. The predicted molar refractivity (Wildman–Crippen MR) is 105 cm³/mol. The Morgan fingerprint density at radius 3 is 2.81 bits per heavy atom. The highest BCUT2D eigenvalue weighted by Gasteiger charge is 2.27. The molecule has 0 bridgehead atoms. The van der Waals surface area contributed by atoms with Crippen LogP contribution < -0.4 is 16.0 Å². The van der Waals surface area contributed by atoms with Gasteiger partial charge in [0, 0.05) is 24.7 Å². The van der Waals surface area contributed by atoms with E-state index in [1.807, 2.05) is 6.07 Å². The third kappa shape index (κ3) is 4.17. The van der Waals surface area contributed by atoms with E-state index in [9.17, 15) is 9.59 Å². The van der Waals surface area contributed by atoms with Crippen LogP contribution in [0.3, 0.4) is 0 Å². The van der Waals surface area contributed by atoms with E-state index in [0.717, 1.165) is 31.3 Å². The largest absolute Gasteiger partial charge is 0.350 e. The number of imide groups is 1. The van der Waals surface area contributed by atoms with Crippen LogP contribution in [0, 0.1) is 0 Å². The average molecular weight is 381 g/mol. The summed E-state index contributed by atoms with van der Waals surface area (Å²) in [5, 5.41) is 8.72. The molecule has 4 rings (SSSR count). The second-order valence-corrected chi connectivity index (χ2v) is 7.43. The molecule has 0 radical (unpaired) electrons. The van der Waals surface area contributed by atoms with E-state index in [1.54, 1.807) is 18.3 Å². The summed E-state index contributed by atoms with van der Waals surface area (Å²) < 4.78 is 0. The summed E-state index contributed by atoms with van der Waals surface area (Å²) >= 11 is 0.878. The summed E-state index contributed by atoms with van der Waals surface area (Å²) in [5.74, 6) is 0.485. The second-order valence-electron chi connectivity index (χ2n) is 6.42. The van der Waals surface area contributed by atoms with E-state index < -0.39 is 5.91 Å². The van der Waals surface area contributed by atoms with Gasteiger partial charge in [0.2, 0.25) is 5.95 Å². The Hall–Kier alpha value is -2.71. The van der Waals surface area contributed by atoms with E-state index >= 15 is 0 Å². The lowest BCUT2D eigenvalue weighted by molar-refractivity contribution is -0.115. The minimum atomic E-state index is -0.390. The first-order valence-corrected chi connectivity index (χ1v) is 9.61. The molecule has 0 saturated carbocycles. The van der Waals surface area contributed by atoms with Crippen LogP contribution in [0.1, 0.15) is 23.6 Å². The summed E-state index contributed by atoms with van der Waals surface area (Å²) in [6.07, 6.45) is 4.28. The fraction of sp³-hybridized carbons (Fsp3) is 0.263. The number of rotatable bonds is 4. The molecule has 2 fully saturated rings. The lowest BCUT2D eigenvalue weighted by Crippen LogP contribution is -2.44. The number of aromatic nitrogens is 2. The number of benzene rings is 1. The number of piperidine rings is 1. The second kappa shape index (κ2) is 7.89. The molecule has 3 N–H and O–H groups in total. The van der Waals surface area contributed by atoms with Gasteiger partial charge in [-0.3, -0.25) is 14.9 Å². The smallest absolute Gasteiger partial charge is 0.290 e. The van der Waals surface area contributed by atoms with E-state index in [1.165, 1.54) is 5.56 Å². The summed E-state index contributed by atoms with van der Waals surface area (Å²) in [5.41, 5.74) is 1.88. The number of amides is 2. The molecular formula is C19H19N5O2S. The van der Waals surface area contributed by atoms with Crippen LogP contribution in [0.5, 0.6) is 0 Å². The number of nitrogens with zero attached hydrogens (tertiary/aromatic N) is 2. The van der Waals surface area contributed by atoms with Crippen LogP contribution in [-0.2, 0) is 4.79 Å². The SMILES string of the molecule is O=C1NC(=O)/C(=C/c2ccnc(NC3CNCCC3c3ccccc3)n2)S1. The van der Waals surface area contributed by atoms with Crippen LogP contribution in [0.2, 0.25) is 0 Å². The monoisotopic (exact) mass is 381 g/mol. The number of hydrogen-bond acceptors (Lipinski definition) is 7. The van der Waals surface area contributed by atoms with Gasteiger partial charge in [0.05, 0.1) is 10.6 Å². The molecule has 2 aliphatic heterocycles. The van der Waals surface area contributed by atoms with E-state index in [2.05, 4.69) is 50.2 Å². The normalized spacial score (nSPS) is 24.1. The zero-order valence-corrected chi connectivity index (χ0v) is 15.3. The van der Waals surface area contributed by atoms with Crippen molar-refractivity contribution in [1.29, 1.82) is 0 Å².